The number of hydrogen-bond donors (Lipinski definition) is 1. The van der Waals surface area contributed by atoms with E-state index < -0.39 is 0 Å². The van der Waals surface area contributed by atoms with Crippen LogP contribution in [0.15, 0.2) is 41.8 Å². The van der Waals surface area contributed by atoms with Crippen LogP contribution < -0.4 is 5.32 Å². The second-order valence-electron chi connectivity index (χ2n) is 5.05. The van der Waals surface area contributed by atoms with Gasteiger partial charge in [-0.1, -0.05) is 37.1 Å². The summed E-state index contributed by atoms with van der Waals surface area (Å²) >= 11 is 1.81. The molecule has 0 atom stereocenters. The van der Waals surface area contributed by atoms with Gasteiger partial charge in [0.25, 0.3) is 0 Å². The van der Waals surface area contributed by atoms with Crippen LogP contribution in [0.5, 0.6) is 0 Å². The van der Waals surface area contributed by atoms with Crippen molar-refractivity contribution in [3.63, 3.8) is 0 Å². The van der Waals surface area contributed by atoms with Gasteiger partial charge in [-0.2, -0.15) is 0 Å². The molecule has 0 unspecified atom stereocenters. The molecule has 1 fully saturated rings. The lowest BCUT2D eigenvalue weighted by molar-refractivity contribution is 0.580. The summed E-state index contributed by atoms with van der Waals surface area (Å²) in [7, 11) is 0. The lowest BCUT2D eigenvalue weighted by Gasteiger charge is -2.14. The molecule has 1 heterocycles. The summed E-state index contributed by atoms with van der Waals surface area (Å²) in [6, 6.07) is 13.0. The van der Waals surface area contributed by atoms with Crippen LogP contribution in [0.1, 0.15) is 25.7 Å². The average Bonchev–Trinajstić information content (AvgIpc) is 3.10. The van der Waals surface area contributed by atoms with Crippen molar-refractivity contribution in [3.8, 4) is 10.4 Å². The van der Waals surface area contributed by atoms with E-state index in [4.69, 9.17) is 0 Å². The average molecular weight is 257 g/mol. The van der Waals surface area contributed by atoms with Gasteiger partial charge in [0.1, 0.15) is 0 Å². The van der Waals surface area contributed by atoms with Crippen LogP contribution >= 0.6 is 11.3 Å². The highest BCUT2D eigenvalue weighted by molar-refractivity contribution is 7.13. The molecule has 0 spiro atoms. The Balaban J connectivity index is 1.75. The van der Waals surface area contributed by atoms with Crippen LogP contribution in [-0.4, -0.2) is 6.54 Å². The van der Waals surface area contributed by atoms with Crippen molar-refractivity contribution in [2.24, 2.45) is 5.92 Å². The fourth-order valence-corrected chi connectivity index (χ4v) is 3.52. The Hall–Kier alpha value is -1.28. The fraction of sp³-hybridized carbons (Fsp3) is 0.375. The third-order valence-corrected chi connectivity index (χ3v) is 4.67. The normalized spacial score (nSPS) is 16.0. The van der Waals surface area contributed by atoms with E-state index in [-0.39, 0.29) is 0 Å². The number of thiophene rings is 1. The van der Waals surface area contributed by atoms with Crippen molar-refractivity contribution >= 4 is 17.0 Å². The lowest BCUT2D eigenvalue weighted by atomic mass is 10.1. The number of para-hydroxylation sites is 1. The van der Waals surface area contributed by atoms with Crippen molar-refractivity contribution in [3.05, 3.63) is 41.8 Å². The summed E-state index contributed by atoms with van der Waals surface area (Å²) in [6.45, 7) is 1.13. The van der Waals surface area contributed by atoms with E-state index in [0.717, 1.165) is 12.5 Å². The third kappa shape index (κ3) is 2.59. The van der Waals surface area contributed by atoms with Gasteiger partial charge < -0.3 is 5.32 Å². The van der Waals surface area contributed by atoms with Gasteiger partial charge in [0, 0.05) is 22.7 Å². The Bertz CT molecular complexity index is 484. The monoisotopic (exact) mass is 257 g/mol. The van der Waals surface area contributed by atoms with E-state index >= 15 is 0 Å². The molecule has 1 nitrogen and oxygen atoms in total. The zero-order chi connectivity index (χ0) is 12.2. The molecule has 1 aliphatic rings. The Morgan fingerprint density at radius 2 is 1.89 bits per heavy atom. The maximum atomic E-state index is 3.65. The molecule has 1 aromatic heterocycles. The van der Waals surface area contributed by atoms with Crippen molar-refractivity contribution in [2.45, 2.75) is 25.7 Å². The van der Waals surface area contributed by atoms with Crippen LogP contribution in [0.3, 0.4) is 0 Å². The van der Waals surface area contributed by atoms with Crippen molar-refractivity contribution in [2.75, 3.05) is 11.9 Å². The second kappa shape index (κ2) is 5.57. The third-order valence-electron chi connectivity index (χ3n) is 3.77. The first kappa shape index (κ1) is 11.8. The first-order valence-corrected chi connectivity index (χ1v) is 7.68. The van der Waals surface area contributed by atoms with Crippen LogP contribution in [0.4, 0.5) is 5.69 Å². The minimum atomic E-state index is 0.876. The first-order valence-electron chi connectivity index (χ1n) is 6.80. The van der Waals surface area contributed by atoms with Crippen LogP contribution in [0, 0.1) is 5.92 Å². The van der Waals surface area contributed by atoms with Gasteiger partial charge >= 0.3 is 0 Å². The number of hydrogen-bond acceptors (Lipinski definition) is 2. The fourth-order valence-electron chi connectivity index (χ4n) is 2.75. The number of nitrogens with one attached hydrogen (secondary N) is 1. The molecule has 3 rings (SSSR count). The van der Waals surface area contributed by atoms with Crippen LogP contribution in [-0.2, 0) is 0 Å². The highest BCUT2D eigenvalue weighted by Gasteiger charge is 2.15. The highest BCUT2D eigenvalue weighted by Crippen LogP contribution is 2.32. The molecule has 1 aliphatic carbocycles. The van der Waals surface area contributed by atoms with Gasteiger partial charge in [-0.3, -0.25) is 0 Å². The molecule has 2 heteroatoms. The van der Waals surface area contributed by atoms with Crippen molar-refractivity contribution < 1.29 is 0 Å². The quantitative estimate of drug-likeness (QED) is 0.811. The first-order chi connectivity index (χ1) is 8.93. The van der Waals surface area contributed by atoms with Gasteiger partial charge in [-0.05, 0) is 36.3 Å². The van der Waals surface area contributed by atoms with Crippen molar-refractivity contribution in [1.29, 1.82) is 0 Å². The maximum absolute atomic E-state index is 3.65. The molecular weight excluding hydrogens is 238 g/mol. The van der Waals surface area contributed by atoms with E-state index in [1.54, 1.807) is 0 Å². The van der Waals surface area contributed by atoms with Crippen LogP contribution in [0.25, 0.3) is 10.4 Å². The van der Waals surface area contributed by atoms with Crippen molar-refractivity contribution in [1.82, 2.24) is 0 Å². The summed E-state index contributed by atoms with van der Waals surface area (Å²) in [6.07, 6.45) is 5.63. The predicted octanol–water partition coefficient (Wildman–Crippen LogP) is 5.02. The number of rotatable bonds is 4. The molecule has 0 amide bonds. The topological polar surface area (TPSA) is 12.0 Å². The van der Waals surface area contributed by atoms with E-state index in [1.165, 1.54) is 41.8 Å². The molecule has 94 valence electrons. The molecule has 0 radical (unpaired) electrons. The standard InChI is InChI=1S/C16H19NS/c1-2-7-13(6-1)12-17-15-9-4-3-8-14(15)16-10-5-11-18-16/h3-5,8-11,13,17H,1-2,6-7,12H2. The summed E-state index contributed by atoms with van der Waals surface area (Å²) in [5, 5.41) is 5.79. The molecule has 1 N–H and O–H groups in total. The Morgan fingerprint density at radius 1 is 1.06 bits per heavy atom. The summed E-state index contributed by atoms with van der Waals surface area (Å²) < 4.78 is 0. The molecule has 1 saturated carbocycles. The minimum absolute atomic E-state index is 0.876. The van der Waals surface area contributed by atoms with E-state index in [2.05, 4.69) is 47.1 Å². The smallest absolute Gasteiger partial charge is 0.0428 e. The zero-order valence-electron chi connectivity index (χ0n) is 10.6. The molecule has 0 bridgehead atoms. The molecule has 0 aliphatic heterocycles. The molecule has 18 heavy (non-hydrogen) atoms. The molecular formula is C16H19NS. The zero-order valence-corrected chi connectivity index (χ0v) is 11.4. The molecule has 0 saturated heterocycles. The van der Waals surface area contributed by atoms with Crippen LogP contribution in [0.2, 0.25) is 0 Å². The number of anilines is 1. The lowest BCUT2D eigenvalue weighted by Crippen LogP contribution is -2.11. The second-order valence-corrected chi connectivity index (χ2v) is 6.00. The Kier molecular flexibility index (Phi) is 3.65. The van der Waals surface area contributed by atoms with Gasteiger partial charge in [0.15, 0.2) is 0 Å². The van der Waals surface area contributed by atoms with E-state index in [9.17, 15) is 0 Å². The van der Waals surface area contributed by atoms with E-state index in [0.29, 0.717) is 0 Å². The Labute approximate surface area is 113 Å². The SMILES string of the molecule is c1csc(-c2ccccc2NCC2CCCC2)c1. The summed E-state index contributed by atoms with van der Waals surface area (Å²) in [5.74, 6) is 0.876. The van der Waals surface area contributed by atoms with Gasteiger partial charge in [0.2, 0.25) is 0 Å². The van der Waals surface area contributed by atoms with Gasteiger partial charge in [0.05, 0.1) is 0 Å². The summed E-state index contributed by atoms with van der Waals surface area (Å²) in [5.41, 5.74) is 2.62. The van der Waals surface area contributed by atoms with Gasteiger partial charge in [-0.15, -0.1) is 11.3 Å². The van der Waals surface area contributed by atoms with Gasteiger partial charge in [-0.25, -0.2) is 0 Å². The predicted molar refractivity (Wildman–Crippen MR) is 80.2 cm³/mol. The maximum Gasteiger partial charge on any atom is 0.0428 e. The highest BCUT2D eigenvalue weighted by atomic mass is 32.1. The summed E-state index contributed by atoms with van der Waals surface area (Å²) in [4.78, 5) is 1.35. The minimum Gasteiger partial charge on any atom is -0.384 e. The number of benzene rings is 1. The molecule has 1 aromatic carbocycles. The van der Waals surface area contributed by atoms with E-state index in [1.807, 2.05) is 11.3 Å². The Morgan fingerprint density at radius 3 is 2.67 bits per heavy atom. The largest absolute Gasteiger partial charge is 0.384 e. The molecule has 2 aromatic rings.